The van der Waals surface area contributed by atoms with E-state index >= 15 is 0 Å². The van der Waals surface area contributed by atoms with Gasteiger partial charge in [0.1, 0.15) is 0 Å². The van der Waals surface area contributed by atoms with Crippen LogP contribution in [0.3, 0.4) is 0 Å². The van der Waals surface area contributed by atoms with Gasteiger partial charge in [-0.05, 0) is 88.6 Å². The molecule has 0 radical (unpaired) electrons. The number of benzene rings is 11. The number of fused-ring (bicyclic) bond motifs is 10. The van der Waals surface area contributed by atoms with Crippen molar-refractivity contribution in [1.29, 1.82) is 0 Å². The van der Waals surface area contributed by atoms with E-state index < -0.39 is 0 Å². The minimum atomic E-state index is 1.24. The van der Waals surface area contributed by atoms with Crippen molar-refractivity contribution in [3.05, 3.63) is 206 Å². The van der Waals surface area contributed by atoms with Crippen molar-refractivity contribution in [2.24, 2.45) is 0 Å². The Morgan fingerprint density at radius 2 is 0.567 bits per heavy atom. The molecule has 0 saturated carbocycles. The topological polar surface area (TPSA) is 0 Å². The zero-order chi connectivity index (χ0) is 39.3. The number of rotatable bonds is 4. The van der Waals surface area contributed by atoms with Gasteiger partial charge in [0.15, 0.2) is 0 Å². The Labute approximate surface area is 354 Å². The monoisotopic (exact) mass is 794 g/mol. The van der Waals surface area contributed by atoms with E-state index in [1.165, 1.54) is 128 Å². The molecule has 2 heterocycles. The predicted molar refractivity (Wildman–Crippen MR) is 264 cm³/mol. The van der Waals surface area contributed by atoms with E-state index in [-0.39, 0.29) is 0 Å². The Morgan fingerprint density at radius 1 is 0.217 bits per heavy atom. The molecular formula is C58H34S2. The minimum absolute atomic E-state index is 1.24. The molecule has 0 aliphatic heterocycles. The van der Waals surface area contributed by atoms with E-state index in [1.54, 1.807) is 0 Å². The highest BCUT2D eigenvalue weighted by molar-refractivity contribution is 7.26. The first-order chi connectivity index (χ1) is 29.8. The van der Waals surface area contributed by atoms with Crippen LogP contribution < -0.4 is 0 Å². The van der Waals surface area contributed by atoms with Gasteiger partial charge >= 0.3 is 0 Å². The molecule has 13 rings (SSSR count). The van der Waals surface area contributed by atoms with Crippen LogP contribution >= 0.6 is 22.7 Å². The summed E-state index contributed by atoms with van der Waals surface area (Å²) in [6, 6.07) is 76.7. The van der Waals surface area contributed by atoms with Gasteiger partial charge < -0.3 is 0 Å². The Balaban J connectivity index is 1.11. The molecule has 0 spiro atoms. The molecule has 0 aliphatic rings. The highest BCUT2D eigenvalue weighted by Crippen LogP contribution is 2.52. The second-order valence-corrected chi connectivity index (χ2v) is 17.9. The minimum Gasteiger partial charge on any atom is -0.135 e. The standard InChI is InChI=1S/C58H34S2/c1-2-17-35(18-3-1)52-37-20-4-6-22-39(37)53(40-23-7-5-21-38(40)52)46-29-16-34-51-56(46)49-32-15-31-48(58(49)60-51)55-43-26-10-8-24-41(43)54(42-25-9-11-27-44(42)55)47-30-14-28-45-36-19-12-13-33-50(36)59-57(45)47/h1-34H. The summed E-state index contributed by atoms with van der Waals surface area (Å²) in [7, 11) is 0. The molecule has 2 heteroatoms. The van der Waals surface area contributed by atoms with Crippen molar-refractivity contribution in [3.63, 3.8) is 0 Å². The summed E-state index contributed by atoms with van der Waals surface area (Å²) < 4.78 is 5.30. The molecule has 13 aromatic rings. The van der Waals surface area contributed by atoms with E-state index in [0.717, 1.165) is 0 Å². The summed E-state index contributed by atoms with van der Waals surface area (Å²) in [5.74, 6) is 0. The number of thiophene rings is 2. The third-order valence-electron chi connectivity index (χ3n) is 12.7. The van der Waals surface area contributed by atoms with Crippen molar-refractivity contribution < 1.29 is 0 Å². The van der Waals surface area contributed by atoms with E-state index in [4.69, 9.17) is 0 Å². The number of hydrogen-bond acceptors (Lipinski definition) is 2. The normalized spacial score (nSPS) is 12.0. The Bertz CT molecular complexity index is 3770. The van der Waals surface area contributed by atoms with Crippen LogP contribution in [0.5, 0.6) is 0 Å². The first kappa shape index (κ1) is 33.8. The maximum absolute atomic E-state index is 2.36. The van der Waals surface area contributed by atoms with Crippen molar-refractivity contribution in [2.45, 2.75) is 0 Å². The molecule has 11 aromatic carbocycles. The molecule has 0 fully saturated rings. The second kappa shape index (κ2) is 13.2. The molecule has 0 N–H and O–H groups in total. The van der Waals surface area contributed by atoms with Crippen LogP contribution in [-0.4, -0.2) is 0 Å². The van der Waals surface area contributed by atoms with Gasteiger partial charge in [-0.25, -0.2) is 0 Å². The van der Waals surface area contributed by atoms with Gasteiger partial charge in [-0.2, -0.15) is 0 Å². The summed E-state index contributed by atoms with van der Waals surface area (Å²) in [5, 5.41) is 15.5. The van der Waals surface area contributed by atoms with Crippen molar-refractivity contribution in [2.75, 3.05) is 0 Å². The van der Waals surface area contributed by atoms with Crippen LogP contribution in [0.25, 0.3) is 128 Å². The van der Waals surface area contributed by atoms with Gasteiger partial charge in [-0.1, -0.05) is 194 Å². The molecule has 0 saturated heterocycles. The average Bonchev–Trinajstić information content (AvgIpc) is 3.90. The van der Waals surface area contributed by atoms with Gasteiger partial charge in [-0.3, -0.25) is 0 Å². The highest BCUT2D eigenvalue weighted by atomic mass is 32.1. The van der Waals surface area contributed by atoms with Crippen molar-refractivity contribution in [3.8, 4) is 44.5 Å². The zero-order valence-electron chi connectivity index (χ0n) is 32.4. The Morgan fingerprint density at radius 3 is 1.12 bits per heavy atom. The third kappa shape index (κ3) is 4.84. The van der Waals surface area contributed by atoms with E-state index in [9.17, 15) is 0 Å². The molecule has 2 aromatic heterocycles. The fraction of sp³-hybridized carbons (Fsp3) is 0. The fourth-order valence-corrected chi connectivity index (χ4v) is 12.7. The Kier molecular flexibility index (Phi) is 7.45. The van der Waals surface area contributed by atoms with Crippen LogP contribution in [0.15, 0.2) is 206 Å². The van der Waals surface area contributed by atoms with Crippen LogP contribution in [0, 0.1) is 0 Å². The van der Waals surface area contributed by atoms with Crippen LogP contribution in [-0.2, 0) is 0 Å². The summed E-state index contributed by atoms with van der Waals surface area (Å²) in [6.07, 6.45) is 0. The molecule has 60 heavy (non-hydrogen) atoms. The van der Waals surface area contributed by atoms with Crippen LogP contribution in [0.2, 0.25) is 0 Å². The number of hydrogen-bond donors (Lipinski definition) is 0. The van der Waals surface area contributed by atoms with E-state index in [0.29, 0.717) is 0 Å². The Hall–Kier alpha value is -7.10. The first-order valence-corrected chi connectivity index (χ1v) is 22.2. The van der Waals surface area contributed by atoms with Gasteiger partial charge in [-0.15, -0.1) is 22.7 Å². The maximum atomic E-state index is 2.36. The molecule has 0 aliphatic carbocycles. The molecular weight excluding hydrogens is 761 g/mol. The smallest absolute Gasteiger partial charge is 0.0434 e. The van der Waals surface area contributed by atoms with Gasteiger partial charge in [0.05, 0.1) is 0 Å². The van der Waals surface area contributed by atoms with Crippen molar-refractivity contribution in [1.82, 2.24) is 0 Å². The summed E-state index contributed by atoms with van der Waals surface area (Å²) in [6.45, 7) is 0. The molecule has 0 amide bonds. The lowest BCUT2D eigenvalue weighted by Crippen LogP contribution is -1.91. The lowest BCUT2D eigenvalue weighted by Gasteiger charge is -2.19. The maximum Gasteiger partial charge on any atom is 0.0434 e. The lowest BCUT2D eigenvalue weighted by molar-refractivity contribution is 1.67. The fourth-order valence-electron chi connectivity index (χ4n) is 10.2. The lowest BCUT2D eigenvalue weighted by atomic mass is 9.84. The zero-order valence-corrected chi connectivity index (χ0v) is 34.1. The highest BCUT2D eigenvalue weighted by Gasteiger charge is 2.23. The molecule has 278 valence electrons. The van der Waals surface area contributed by atoms with Gasteiger partial charge in [0, 0.05) is 51.5 Å². The van der Waals surface area contributed by atoms with E-state index in [1.807, 2.05) is 22.7 Å². The predicted octanol–water partition coefficient (Wildman–Crippen LogP) is 17.7. The average molecular weight is 795 g/mol. The summed E-state index contributed by atoms with van der Waals surface area (Å²) in [5.41, 5.74) is 10.3. The second-order valence-electron chi connectivity index (χ2n) is 15.8. The molecule has 0 atom stereocenters. The largest absolute Gasteiger partial charge is 0.135 e. The van der Waals surface area contributed by atoms with Crippen LogP contribution in [0.1, 0.15) is 0 Å². The third-order valence-corrected chi connectivity index (χ3v) is 15.1. The van der Waals surface area contributed by atoms with Gasteiger partial charge in [0.2, 0.25) is 0 Å². The SMILES string of the molecule is c1ccc(-c2c3ccccc3c(-c3cccc4sc5c(-c6c7ccccc7c(-c7cccc8c7sc7ccccc78)c7ccccc67)cccc5c34)c3ccccc23)cc1. The van der Waals surface area contributed by atoms with Crippen LogP contribution in [0.4, 0.5) is 0 Å². The molecule has 0 bridgehead atoms. The first-order valence-electron chi connectivity index (χ1n) is 20.6. The van der Waals surface area contributed by atoms with Crippen molar-refractivity contribution >= 4 is 106 Å². The van der Waals surface area contributed by atoms with E-state index in [2.05, 4.69) is 206 Å². The summed E-state index contributed by atoms with van der Waals surface area (Å²) >= 11 is 3.83. The summed E-state index contributed by atoms with van der Waals surface area (Å²) in [4.78, 5) is 0. The molecule has 0 nitrogen and oxygen atoms in total. The molecule has 0 unspecified atom stereocenters. The van der Waals surface area contributed by atoms with Gasteiger partial charge in [0.25, 0.3) is 0 Å². The quantitative estimate of drug-likeness (QED) is 0.156.